The second kappa shape index (κ2) is 9.26. The van der Waals surface area contributed by atoms with E-state index in [0.29, 0.717) is 23.5 Å². The van der Waals surface area contributed by atoms with Crippen molar-refractivity contribution in [3.05, 3.63) is 83.4 Å². The van der Waals surface area contributed by atoms with Gasteiger partial charge >= 0.3 is 5.97 Å². The van der Waals surface area contributed by atoms with E-state index >= 15 is 0 Å². The van der Waals surface area contributed by atoms with Gasteiger partial charge in [0.15, 0.2) is 5.78 Å². The minimum Gasteiger partial charge on any atom is -0.462 e. The van der Waals surface area contributed by atoms with Gasteiger partial charge in [-0.25, -0.2) is 0 Å². The van der Waals surface area contributed by atoms with E-state index in [4.69, 9.17) is 4.74 Å². The summed E-state index contributed by atoms with van der Waals surface area (Å²) in [5.74, 6) is 2.24. The fraction of sp³-hybridized carbons (Fsp3) is 0.529. The molecule has 0 bridgehead atoms. The molecular weight excluding hydrogens is 456 g/mol. The highest BCUT2D eigenvalue weighted by Crippen LogP contribution is 2.69. The molecule has 8 atom stereocenters. The van der Waals surface area contributed by atoms with Gasteiger partial charge in [-0.3, -0.25) is 9.59 Å². The molecule has 0 aliphatic heterocycles. The molecule has 0 aromatic heterocycles. The minimum atomic E-state index is -0.164. The van der Waals surface area contributed by atoms with Crippen LogP contribution in [0.5, 0.6) is 0 Å². The molecule has 0 unspecified atom stereocenters. The molecule has 0 N–H and O–H groups in total. The van der Waals surface area contributed by atoms with Crippen LogP contribution in [-0.4, -0.2) is 17.9 Å². The summed E-state index contributed by atoms with van der Waals surface area (Å²) < 4.78 is 5.63. The molecule has 0 amide bonds. The molecule has 37 heavy (non-hydrogen) atoms. The standard InChI is InChI=1S/C34H40O3/c1-22(35)37-26-16-18-33(2)25(20-26)14-15-27-29(33)17-19-34(3)30(27)21-28(23-10-6-4-7-11-23)31(34)32(36)24-12-8-5-9-13-24/h4-14,26-31H,15-21H2,1-3H3/t26-,27+,28+,29+,30+,31-,33+,34+/m1/s1. The average molecular weight is 497 g/mol. The highest BCUT2D eigenvalue weighted by atomic mass is 16.5. The Bertz CT molecular complexity index is 1200. The SMILES string of the molecule is CC(=O)O[C@@H]1CC[C@@]2(C)C(=CC[C@@H]3[C@@H]4C[C@@H](c5ccccc5)[C@H](C(=O)c5ccccc5)[C@@]4(C)CC[C@@H]32)C1. The summed E-state index contributed by atoms with van der Waals surface area (Å²) in [7, 11) is 0. The lowest BCUT2D eigenvalue weighted by molar-refractivity contribution is -0.148. The van der Waals surface area contributed by atoms with Crippen LogP contribution < -0.4 is 0 Å². The maximum Gasteiger partial charge on any atom is 0.302 e. The van der Waals surface area contributed by atoms with E-state index in [9.17, 15) is 9.59 Å². The molecule has 3 fully saturated rings. The Balaban J connectivity index is 1.35. The molecule has 3 nitrogen and oxygen atoms in total. The molecule has 4 aliphatic rings. The fourth-order valence-electron chi connectivity index (χ4n) is 9.30. The number of fused-ring (bicyclic) bond motifs is 5. The summed E-state index contributed by atoms with van der Waals surface area (Å²) in [5.41, 5.74) is 3.89. The number of benzene rings is 2. The van der Waals surface area contributed by atoms with Crippen molar-refractivity contribution in [3.8, 4) is 0 Å². The van der Waals surface area contributed by atoms with Gasteiger partial charge in [-0.1, -0.05) is 86.2 Å². The predicted molar refractivity (Wildman–Crippen MR) is 146 cm³/mol. The van der Waals surface area contributed by atoms with Crippen molar-refractivity contribution < 1.29 is 14.3 Å². The third-order valence-corrected chi connectivity index (χ3v) is 11.0. The van der Waals surface area contributed by atoms with Crippen LogP contribution in [0.3, 0.4) is 0 Å². The van der Waals surface area contributed by atoms with Gasteiger partial charge in [-0.05, 0) is 78.6 Å². The molecule has 2 aromatic rings. The number of ketones is 1. The van der Waals surface area contributed by atoms with Gasteiger partial charge in [0.2, 0.25) is 0 Å². The molecule has 194 valence electrons. The molecule has 0 saturated heterocycles. The van der Waals surface area contributed by atoms with E-state index in [1.54, 1.807) is 0 Å². The number of hydrogen-bond acceptors (Lipinski definition) is 3. The van der Waals surface area contributed by atoms with Gasteiger partial charge in [0.25, 0.3) is 0 Å². The van der Waals surface area contributed by atoms with E-state index in [-0.39, 0.29) is 34.7 Å². The lowest BCUT2D eigenvalue weighted by atomic mass is 9.47. The first-order chi connectivity index (χ1) is 17.8. The fourth-order valence-corrected chi connectivity index (χ4v) is 9.30. The quantitative estimate of drug-likeness (QED) is 0.247. The molecule has 6 rings (SSSR count). The number of esters is 1. The Morgan fingerprint density at radius 3 is 2.30 bits per heavy atom. The Morgan fingerprint density at radius 1 is 0.892 bits per heavy atom. The van der Waals surface area contributed by atoms with Crippen LogP contribution in [0.4, 0.5) is 0 Å². The summed E-state index contributed by atoms with van der Waals surface area (Å²) in [5, 5.41) is 0. The van der Waals surface area contributed by atoms with Crippen LogP contribution >= 0.6 is 0 Å². The zero-order chi connectivity index (χ0) is 25.8. The minimum absolute atomic E-state index is 0.00520. The maximum atomic E-state index is 14.2. The van der Waals surface area contributed by atoms with Gasteiger partial charge in [0, 0.05) is 24.8 Å². The summed E-state index contributed by atoms with van der Waals surface area (Å²) >= 11 is 0. The summed E-state index contributed by atoms with van der Waals surface area (Å²) in [6, 6.07) is 20.8. The lowest BCUT2D eigenvalue weighted by Crippen LogP contribution is -2.51. The van der Waals surface area contributed by atoms with E-state index in [1.165, 1.54) is 24.5 Å². The third-order valence-electron chi connectivity index (χ3n) is 11.0. The van der Waals surface area contributed by atoms with Crippen LogP contribution in [-0.2, 0) is 9.53 Å². The van der Waals surface area contributed by atoms with Gasteiger partial charge < -0.3 is 4.74 Å². The van der Waals surface area contributed by atoms with E-state index < -0.39 is 0 Å². The topological polar surface area (TPSA) is 43.4 Å². The zero-order valence-electron chi connectivity index (χ0n) is 22.5. The maximum absolute atomic E-state index is 14.2. The third kappa shape index (κ3) is 4.01. The number of carbonyl (C=O) groups excluding carboxylic acids is 2. The molecule has 3 heteroatoms. The molecule has 0 radical (unpaired) electrons. The molecular formula is C34H40O3. The molecule has 2 aromatic carbocycles. The summed E-state index contributed by atoms with van der Waals surface area (Å²) in [4.78, 5) is 25.8. The van der Waals surface area contributed by atoms with Crippen molar-refractivity contribution in [3.63, 3.8) is 0 Å². The van der Waals surface area contributed by atoms with Crippen LogP contribution in [0.2, 0.25) is 0 Å². The number of Topliss-reactive ketones (excluding diaryl/α,β-unsaturated/α-hetero) is 1. The number of rotatable bonds is 4. The van der Waals surface area contributed by atoms with Crippen LogP contribution in [0.1, 0.15) is 87.6 Å². The molecule has 4 aliphatic carbocycles. The first-order valence-corrected chi connectivity index (χ1v) is 14.3. The van der Waals surface area contributed by atoms with Crippen molar-refractivity contribution in [1.82, 2.24) is 0 Å². The smallest absolute Gasteiger partial charge is 0.302 e. The predicted octanol–water partition coefficient (Wildman–Crippen LogP) is 7.77. The monoisotopic (exact) mass is 496 g/mol. The summed E-state index contributed by atoms with van der Waals surface area (Å²) in [6.45, 7) is 6.46. The average Bonchev–Trinajstić information content (AvgIpc) is 3.22. The normalized spacial score (nSPS) is 38.5. The lowest BCUT2D eigenvalue weighted by Gasteiger charge is -2.58. The van der Waals surface area contributed by atoms with Crippen LogP contribution in [0, 0.1) is 34.5 Å². The van der Waals surface area contributed by atoms with Gasteiger partial charge in [0.05, 0.1) is 0 Å². The van der Waals surface area contributed by atoms with E-state index in [2.05, 4.69) is 50.3 Å². The summed E-state index contributed by atoms with van der Waals surface area (Å²) in [6.07, 6.45) is 9.97. The van der Waals surface area contributed by atoms with Crippen LogP contribution in [0.25, 0.3) is 0 Å². The van der Waals surface area contributed by atoms with E-state index in [1.807, 2.05) is 30.3 Å². The largest absolute Gasteiger partial charge is 0.462 e. The van der Waals surface area contributed by atoms with Crippen LogP contribution in [0.15, 0.2) is 72.3 Å². The van der Waals surface area contributed by atoms with Gasteiger partial charge in [-0.2, -0.15) is 0 Å². The Labute approximate surface area is 221 Å². The Hall–Kier alpha value is -2.68. The highest BCUT2D eigenvalue weighted by molar-refractivity contribution is 5.99. The number of ether oxygens (including phenoxy) is 1. The first-order valence-electron chi connectivity index (χ1n) is 14.3. The number of carbonyl (C=O) groups is 2. The number of hydrogen-bond donors (Lipinski definition) is 0. The van der Waals surface area contributed by atoms with Crippen molar-refractivity contribution in [2.45, 2.75) is 77.7 Å². The second-order valence-electron chi connectivity index (χ2n) is 12.7. The zero-order valence-corrected chi connectivity index (χ0v) is 22.5. The molecule has 0 spiro atoms. The first kappa shape index (κ1) is 24.6. The van der Waals surface area contributed by atoms with E-state index in [0.717, 1.165) is 44.1 Å². The van der Waals surface area contributed by atoms with Crippen molar-refractivity contribution in [1.29, 1.82) is 0 Å². The Kier molecular flexibility index (Phi) is 6.17. The molecule has 3 saturated carbocycles. The van der Waals surface area contributed by atoms with Gasteiger partial charge in [-0.15, -0.1) is 0 Å². The van der Waals surface area contributed by atoms with Gasteiger partial charge in [0.1, 0.15) is 6.10 Å². The Morgan fingerprint density at radius 2 is 1.59 bits per heavy atom. The van der Waals surface area contributed by atoms with Crippen molar-refractivity contribution in [2.75, 3.05) is 0 Å². The van der Waals surface area contributed by atoms with Crippen molar-refractivity contribution >= 4 is 11.8 Å². The number of allylic oxidation sites excluding steroid dienone is 1. The molecule has 0 heterocycles. The highest BCUT2D eigenvalue weighted by Gasteiger charge is 2.62. The van der Waals surface area contributed by atoms with Crippen molar-refractivity contribution in [2.24, 2.45) is 34.5 Å². The second-order valence-corrected chi connectivity index (χ2v) is 12.7.